The van der Waals surface area contributed by atoms with Gasteiger partial charge in [-0.25, -0.2) is 4.79 Å². The lowest BCUT2D eigenvalue weighted by molar-refractivity contribution is -0.121. The van der Waals surface area contributed by atoms with E-state index in [1.54, 1.807) is 16.9 Å². The highest BCUT2D eigenvalue weighted by Crippen LogP contribution is 2.22. The second-order valence-corrected chi connectivity index (χ2v) is 5.61. The van der Waals surface area contributed by atoms with Crippen LogP contribution in [-0.2, 0) is 4.79 Å². The Hall–Kier alpha value is -2.24. The Bertz CT molecular complexity index is 530. The summed E-state index contributed by atoms with van der Waals surface area (Å²) in [4.78, 5) is 27.6. The molecule has 126 valence electrons. The summed E-state index contributed by atoms with van der Waals surface area (Å²) >= 11 is 0. The highest BCUT2D eigenvalue weighted by atomic mass is 16.5. The number of carbonyl (C=O) groups excluding carboxylic acids is 2. The van der Waals surface area contributed by atoms with Crippen LogP contribution in [0.4, 0.5) is 10.5 Å². The van der Waals surface area contributed by atoms with E-state index in [0.717, 1.165) is 30.7 Å². The van der Waals surface area contributed by atoms with E-state index in [1.165, 1.54) is 0 Å². The fourth-order valence-electron chi connectivity index (χ4n) is 2.56. The van der Waals surface area contributed by atoms with E-state index >= 15 is 0 Å². The van der Waals surface area contributed by atoms with Gasteiger partial charge in [0.25, 0.3) is 0 Å². The van der Waals surface area contributed by atoms with Crippen LogP contribution in [0.25, 0.3) is 0 Å². The first-order chi connectivity index (χ1) is 11.2. The molecule has 0 radical (unpaired) electrons. The van der Waals surface area contributed by atoms with Crippen molar-refractivity contribution in [2.45, 2.75) is 26.2 Å². The maximum absolute atomic E-state index is 12.4. The number of urea groups is 1. The van der Waals surface area contributed by atoms with Crippen molar-refractivity contribution < 1.29 is 14.3 Å². The van der Waals surface area contributed by atoms with Gasteiger partial charge in [0, 0.05) is 25.3 Å². The van der Waals surface area contributed by atoms with E-state index < -0.39 is 0 Å². The van der Waals surface area contributed by atoms with E-state index in [2.05, 4.69) is 12.2 Å². The largest absolute Gasteiger partial charge is 0.497 e. The molecule has 3 amide bonds. The summed E-state index contributed by atoms with van der Waals surface area (Å²) in [5.74, 6) is 0.662. The van der Waals surface area contributed by atoms with E-state index in [9.17, 15) is 9.59 Å². The molecular formula is C17H25N3O3. The van der Waals surface area contributed by atoms with Crippen LogP contribution in [0.5, 0.6) is 5.75 Å². The van der Waals surface area contributed by atoms with Crippen molar-refractivity contribution in [2.75, 3.05) is 38.2 Å². The summed E-state index contributed by atoms with van der Waals surface area (Å²) in [5, 5.41) is 2.87. The van der Waals surface area contributed by atoms with E-state index in [1.807, 2.05) is 24.3 Å². The SMILES string of the molecule is CCCCCNC(=O)CN1CCN(c2ccc(OC)cc2)C1=O. The average molecular weight is 319 g/mol. The van der Waals surface area contributed by atoms with Gasteiger partial charge in [-0.3, -0.25) is 9.69 Å². The van der Waals surface area contributed by atoms with Crippen LogP contribution in [0.1, 0.15) is 26.2 Å². The van der Waals surface area contributed by atoms with Gasteiger partial charge < -0.3 is 15.0 Å². The number of amides is 3. The first-order valence-electron chi connectivity index (χ1n) is 8.13. The molecule has 23 heavy (non-hydrogen) atoms. The van der Waals surface area contributed by atoms with Crippen LogP contribution in [0.2, 0.25) is 0 Å². The van der Waals surface area contributed by atoms with Gasteiger partial charge in [-0.05, 0) is 30.7 Å². The molecule has 1 fully saturated rings. The third kappa shape index (κ3) is 4.61. The van der Waals surface area contributed by atoms with Crippen molar-refractivity contribution in [1.82, 2.24) is 10.2 Å². The summed E-state index contributed by atoms with van der Waals surface area (Å²) < 4.78 is 5.12. The van der Waals surface area contributed by atoms with Crippen LogP contribution in [-0.4, -0.2) is 50.1 Å². The van der Waals surface area contributed by atoms with E-state index in [0.29, 0.717) is 19.6 Å². The molecule has 1 aromatic rings. The Labute approximate surface area is 137 Å². The maximum atomic E-state index is 12.4. The third-order valence-electron chi connectivity index (χ3n) is 3.92. The smallest absolute Gasteiger partial charge is 0.325 e. The van der Waals surface area contributed by atoms with Crippen LogP contribution in [0, 0.1) is 0 Å². The van der Waals surface area contributed by atoms with Crippen LogP contribution in [0.15, 0.2) is 24.3 Å². The fourth-order valence-corrected chi connectivity index (χ4v) is 2.56. The molecule has 1 aliphatic heterocycles. The van der Waals surface area contributed by atoms with Crippen molar-refractivity contribution in [3.05, 3.63) is 24.3 Å². The molecule has 1 N–H and O–H groups in total. The van der Waals surface area contributed by atoms with Crippen LogP contribution in [0.3, 0.4) is 0 Å². The minimum Gasteiger partial charge on any atom is -0.497 e. The summed E-state index contributed by atoms with van der Waals surface area (Å²) in [6.07, 6.45) is 3.21. The van der Waals surface area contributed by atoms with Crippen molar-refractivity contribution in [3.8, 4) is 5.75 Å². The first kappa shape index (κ1) is 17.1. The lowest BCUT2D eigenvalue weighted by Crippen LogP contribution is -2.40. The zero-order chi connectivity index (χ0) is 16.7. The Balaban J connectivity index is 1.84. The number of hydrogen-bond donors (Lipinski definition) is 1. The van der Waals surface area contributed by atoms with Crippen molar-refractivity contribution in [3.63, 3.8) is 0 Å². The minimum absolute atomic E-state index is 0.0916. The Kier molecular flexibility index (Phi) is 6.26. The molecule has 1 aliphatic rings. The third-order valence-corrected chi connectivity index (χ3v) is 3.92. The summed E-state index contributed by atoms with van der Waals surface area (Å²) in [5.41, 5.74) is 0.821. The summed E-state index contributed by atoms with van der Waals surface area (Å²) in [6.45, 7) is 4.08. The second-order valence-electron chi connectivity index (χ2n) is 5.61. The van der Waals surface area contributed by atoms with Gasteiger partial charge in [-0.15, -0.1) is 0 Å². The number of nitrogens with one attached hydrogen (secondary N) is 1. The average Bonchev–Trinajstić information content (AvgIpc) is 2.92. The zero-order valence-corrected chi connectivity index (χ0v) is 13.9. The van der Waals surface area contributed by atoms with Gasteiger partial charge in [-0.1, -0.05) is 19.8 Å². The molecule has 0 spiro atoms. The number of benzene rings is 1. The van der Waals surface area contributed by atoms with Gasteiger partial charge >= 0.3 is 6.03 Å². The normalized spacial score (nSPS) is 14.3. The molecule has 0 aromatic heterocycles. The Morgan fingerprint density at radius 2 is 1.96 bits per heavy atom. The number of methoxy groups -OCH3 is 1. The molecule has 0 unspecified atom stereocenters. The molecule has 0 aliphatic carbocycles. The van der Waals surface area contributed by atoms with Gasteiger partial charge in [0.15, 0.2) is 0 Å². The summed E-state index contributed by atoms with van der Waals surface area (Å²) in [7, 11) is 1.61. The number of rotatable bonds is 8. The standard InChI is InChI=1S/C17H25N3O3/c1-3-4-5-10-18-16(21)13-19-11-12-20(17(19)22)14-6-8-15(23-2)9-7-14/h6-9H,3-5,10-13H2,1-2H3,(H,18,21). The zero-order valence-electron chi connectivity index (χ0n) is 13.9. The number of ether oxygens (including phenoxy) is 1. The molecule has 0 bridgehead atoms. The quantitative estimate of drug-likeness (QED) is 0.748. The number of nitrogens with zero attached hydrogens (tertiary/aromatic N) is 2. The number of carbonyl (C=O) groups is 2. The molecule has 0 saturated carbocycles. The maximum Gasteiger partial charge on any atom is 0.325 e. The molecule has 6 heteroatoms. The molecule has 6 nitrogen and oxygen atoms in total. The van der Waals surface area contributed by atoms with Gasteiger partial charge in [0.05, 0.1) is 7.11 Å². The van der Waals surface area contributed by atoms with Gasteiger partial charge in [0.2, 0.25) is 5.91 Å². The van der Waals surface area contributed by atoms with Crippen LogP contribution < -0.4 is 15.0 Å². The Morgan fingerprint density at radius 3 is 2.61 bits per heavy atom. The Morgan fingerprint density at radius 1 is 1.22 bits per heavy atom. The fraction of sp³-hybridized carbons (Fsp3) is 0.529. The van der Waals surface area contributed by atoms with Crippen molar-refractivity contribution in [1.29, 1.82) is 0 Å². The molecule has 2 rings (SSSR count). The molecule has 1 saturated heterocycles. The van der Waals surface area contributed by atoms with Crippen molar-refractivity contribution in [2.24, 2.45) is 0 Å². The number of hydrogen-bond acceptors (Lipinski definition) is 3. The molecule has 1 heterocycles. The lowest BCUT2D eigenvalue weighted by atomic mass is 10.2. The molecular weight excluding hydrogens is 294 g/mol. The number of unbranched alkanes of at least 4 members (excludes halogenated alkanes) is 2. The highest BCUT2D eigenvalue weighted by Gasteiger charge is 2.30. The molecule has 1 aromatic carbocycles. The van der Waals surface area contributed by atoms with Gasteiger partial charge in [-0.2, -0.15) is 0 Å². The van der Waals surface area contributed by atoms with E-state index in [4.69, 9.17) is 4.74 Å². The predicted molar refractivity (Wildman–Crippen MR) is 89.8 cm³/mol. The second kappa shape index (κ2) is 8.41. The topological polar surface area (TPSA) is 61.9 Å². The predicted octanol–water partition coefficient (Wildman–Crippen LogP) is 2.24. The van der Waals surface area contributed by atoms with Gasteiger partial charge in [0.1, 0.15) is 12.3 Å². The minimum atomic E-state index is -0.126. The number of anilines is 1. The van der Waals surface area contributed by atoms with Crippen LogP contribution >= 0.6 is 0 Å². The monoisotopic (exact) mass is 319 g/mol. The lowest BCUT2D eigenvalue weighted by Gasteiger charge is -2.18. The van der Waals surface area contributed by atoms with E-state index in [-0.39, 0.29) is 18.5 Å². The van der Waals surface area contributed by atoms with Crippen molar-refractivity contribution >= 4 is 17.6 Å². The first-order valence-corrected chi connectivity index (χ1v) is 8.13. The molecule has 0 atom stereocenters. The summed E-state index contributed by atoms with van der Waals surface area (Å²) in [6, 6.07) is 7.23. The highest BCUT2D eigenvalue weighted by molar-refractivity contribution is 5.96.